The second-order valence-electron chi connectivity index (χ2n) is 8.32. The van der Waals surface area contributed by atoms with Crippen LogP contribution in [0.25, 0.3) is 22.3 Å². The van der Waals surface area contributed by atoms with Crippen LogP contribution in [0.2, 0.25) is 0 Å². The second-order valence-corrected chi connectivity index (χ2v) is 8.32. The zero-order valence-electron chi connectivity index (χ0n) is 18.5. The van der Waals surface area contributed by atoms with Crippen molar-refractivity contribution in [2.75, 3.05) is 0 Å². The summed E-state index contributed by atoms with van der Waals surface area (Å²) < 4.78 is 0. The topological polar surface area (TPSA) is 20.2 Å². The minimum absolute atomic E-state index is 0.411. The summed E-state index contributed by atoms with van der Waals surface area (Å²) in [5, 5.41) is 12.6. The molecule has 5 rings (SSSR count). The van der Waals surface area contributed by atoms with Gasteiger partial charge in [-0.15, -0.1) is 6.58 Å². The predicted octanol–water partition coefficient (Wildman–Crippen LogP) is 7.53. The van der Waals surface area contributed by atoms with Gasteiger partial charge in [0.1, 0.15) is 5.60 Å². The molecule has 0 aliphatic heterocycles. The van der Waals surface area contributed by atoms with Crippen LogP contribution in [0.15, 0.2) is 134 Å². The maximum atomic E-state index is 12.6. The van der Waals surface area contributed by atoms with E-state index >= 15 is 0 Å². The molecule has 4 aromatic rings. The summed E-state index contributed by atoms with van der Waals surface area (Å²) >= 11 is 0. The molecule has 0 saturated heterocycles. The molecule has 33 heavy (non-hydrogen) atoms. The molecule has 1 heteroatoms. The monoisotopic (exact) mass is 426 g/mol. The third-order valence-electron chi connectivity index (χ3n) is 6.27. The first-order valence-corrected chi connectivity index (χ1v) is 11.3. The summed E-state index contributed by atoms with van der Waals surface area (Å²) in [5.41, 5.74) is 6.96. The van der Waals surface area contributed by atoms with Gasteiger partial charge in [0.25, 0.3) is 0 Å². The van der Waals surface area contributed by atoms with Gasteiger partial charge in [-0.1, -0.05) is 127 Å². The third-order valence-corrected chi connectivity index (χ3v) is 6.27. The molecule has 0 unspecified atom stereocenters. The highest BCUT2D eigenvalue weighted by atomic mass is 16.3. The van der Waals surface area contributed by atoms with E-state index in [1.54, 1.807) is 0 Å². The lowest BCUT2D eigenvalue weighted by atomic mass is 9.79. The lowest BCUT2D eigenvalue weighted by molar-refractivity contribution is 0.169. The smallest absolute Gasteiger partial charge is 0.120 e. The van der Waals surface area contributed by atoms with Crippen LogP contribution in [-0.4, -0.2) is 10.7 Å². The van der Waals surface area contributed by atoms with E-state index in [2.05, 4.69) is 79.4 Å². The zero-order valence-corrected chi connectivity index (χ0v) is 18.5. The van der Waals surface area contributed by atoms with E-state index in [0.717, 1.165) is 44.5 Å². The van der Waals surface area contributed by atoms with Gasteiger partial charge in [-0.2, -0.15) is 0 Å². The number of rotatable bonds is 6. The molecule has 0 amide bonds. The van der Waals surface area contributed by atoms with Crippen LogP contribution in [0.5, 0.6) is 0 Å². The van der Waals surface area contributed by atoms with Crippen LogP contribution in [0.1, 0.15) is 28.7 Å². The van der Waals surface area contributed by atoms with Crippen LogP contribution in [0.4, 0.5) is 0 Å². The van der Waals surface area contributed by atoms with E-state index in [0.29, 0.717) is 6.42 Å². The molecule has 0 heterocycles. The summed E-state index contributed by atoms with van der Waals surface area (Å²) in [6, 6.07) is 41.3. The van der Waals surface area contributed by atoms with Crippen LogP contribution in [0.3, 0.4) is 0 Å². The van der Waals surface area contributed by atoms with Crippen molar-refractivity contribution in [3.05, 3.63) is 156 Å². The van der Waals surface area contributed by atoms with Crippen LogP contribution < -0.4 is 0 Å². The number of hydrogen-bond donors (Lipinski definition) is 1. The Balaban J connectivity index is 1.95. The van der Waals surface area contributed by atoms with Gasteiger partial charge in [-0.25, -0.2) is 0 Å². The highest BCUT2D eigenvalue weighted by Gasteiger charge is 2.46. The van der Waals surface area contributed by atoms with E-state index < -0.39 is 5.60 Å². The van der Waals surface area contributed by atoms with Gasteiger partial charge in [0, 0.05) is 17.6 Å². The van der Waals surface area contributed by atoms with Gasteiger partial charge < -0.3 is 5.11 Å². The molecule has 0 saturated carbocycles. The molecule has 1 nitrogen and oxygen atoms in total. The standard InChI is InChI=1S/C32H26O/c1-2-23-32(33)30(26-19-11-5-12-20-26)28(24-15-7-3-8-16-24)29(25-17-9-4-10-18-25)31(32)27-21-13-6-14-22-27/h2-22,33H,1,23H2. The van der Waals surface area contributed by atoms with Gasteiger partial charge in [0.15, 0.2) is 0 Å². The van der Waals surface area contributed by atoms with Gasteiger partial charge >= 0.3 is 0 Å². The Morgan fingerprint density at radius 2 is 0.818 bits per heavy atom. The first-order chi connectivity index (χ1) is 16.2. The van der Waals surface area contributed by atoms with Crippen LogP contribution in [-0.2, 0) is 0 Å². The summed E-state index contributed by atoms with van der Waals surface area (Å²) in [6.45, 7) is 4.02. The van der Waals surface area contributed by atoms with Crippen LogP contribution in [0, 0.1) is 0 Å². The lowest BCUT2D eigenvalue weighted by Gasteiger charge is -2.30. The van der Waals surface area contributed by atoms with Crippen molar-refractivity contribution < 1.29 is 5.11 Å². The van der Waals surface area contributed by atoms with E-state index in [1.807, 2.05) is 54.6 Å². The van der Waals surface area contributed by atoms with Crippen molar-refractivity contribution in [3.63, 3.8) is 0 Å². The Morgan fingerprint density at radius 1 is 0.515 bits per heavy atom. The maximum absolute atomic E-state index is 12.6. The highest BCUT2D eigenvalue weighted by molar-refractivity contribution is 6.30. The van der Waals surface area contributed by atoms with Crippen molar-refractivity contribution in [1.82, 2.24) is 0 Å². The largest absolute Gasteiger partial charge is 0.380 e. The first-order valence-electron chi connectivity index (χ1n) is 11.3. The minimum Gasteiger partial charge on any atom is -0.380 e. The van der Waals surface area contributed by atoms with Crippen molar-refractivity contribution in [3.8, 4) is 0 Å². The van der Waals surface area contributed by atoms with Gasteiger partial charge in [0.2, 0.25) is 0 Å². The molecular weight excluding hydrogens is 400 g/mol. The fourth-order valence-corrected chi connectivity index (χ4v) is 4.96. The molecule has 4 aromatic carbocycles. The van der Waals surface area contributed by atoms with E-state index in [9.17, 15) is 5.11 Å². The number of benzene rings is 4. The number of aliphatic hydroxyl groups is 1. The molecule has 1 N–H and O–H groups in total. The summed E-state index contributed by atoms with van der Waals surface area (Å²) in [7, 11) is 0. The quantitative estimate of drug-likeness (QED) is 0.316. The maximum Gasteiger partial charge on any atom is 0.120 e. The Labute approximate surface area is 195 Å². The van der Waals surface area contributed by atoms with E-state index in [-0.39, 0.29) is 0 Å². The van der Waals surface area contributed by atoms with Crippen molar-refractivity contribution in [2.24, 2.45) is 0 Å². The Bertz CT molecular complexity index is 1220. The van der Waals surface area contributed by atoms with E-state index in [4.69, 9.17) is 0 Å². The van der Waals surface area contributed by atoms with Crippen molar-refractivity contribution in [1.29, 1.82) is 0 Å². The number of allylic oxidation sites excluding steroid dienone is 2. The summed E-state index contributed by atoms with van der Waals surface area (Å²) in [5.74, 6) is 0. The molecule has 0 fully saturated rings. The molecule has 160 valence electrons. The first kappa shape index (κ1) is 20.9. The highest BCUT2D eigenvalue weighted by Crippen LogP contribution is 2.58. The fourth-order valence-electron chi connectivity index (χ4n) is 4.96. The summed E-state index contributed by atoms with van der Waals surface area (Å²) in [4.78, 5) is 0. The SMILES string of the molecule is C=CCC1(O)C(c2ccccc2)=C(c2ccccc2)C(c2ccccc2)=C1c1ccccc1. The average Bonchev–Trinajstić information content (AvgIpc) is 3.15. The predicted molar refractivity (Wildman–Crippen MR) is 139 cm³/mol. The Kier molecular flexibility index (Phi) is 5.64. The minimum atomic E-state index is -1.22. The van der Waals surface area contributed by atoms with E-state index in [1.165, 1.54) is 0 Å². The molecule has 0 bridgehead atoms. The normalized spacial score (nSPS) is 15.1. The molecule has 0 radical (unpaired) electrons. The molecule has 1 aliphatic rings. The molecule has 1 aliphatic carbocycles. The van der Waals surface area contributed by atoms with Gasteiger partial charge in [-0.3, -0.25) is 0 Å². The Morgan fingerprint density at radius 3 is 1.12 bits per heavy atom. The van der Waals surface area contributed by atoms with Crippen molar-refractivity contribution in [2.45, 2.75) is 12.0 Å². The van der Waals surface area contributed by atoms with Crippen LogP contribution >= 0.6 is 0 Å². The Hall–Kier alpha value is -3.94. The number of hydrogen-bond acceptors (Lipinski definition) is 1. The average molecular weight is 427 g/mol. The fraction of sp³-hybridized carbons (Fsp3) is 0.0625. The third kappa shape index (κ3) is 3.67. The molecule has 0 atom stereocenters. The van der Waals surface area contributed by atoms with Crippen molar-refractivity contribution >= 4 is 22.3 Å². The molecule has 0 aromatic heterocycles. The lowest BCUT2D eigenvalue weighted by Crippen LogP contribution is -2.29. The zero-order chi connectivity index (χ0) is 22.7. The summed E-state index contributed by atoms with van der Waals surface area (Å²) in [6.07, 6.45) is 2.23. The van der Waals surface area contributed by atoms with Gasteiger partial charge in [-0.05, 0) is 33.4 Å². The molecular formula is C32H26O. The second kappa shape index (κ2) is 8.90. The molecule has 0 spiro atoms. The van der Waals surface area contributed by atoms with Gasteiger partial charge in [0.05, 0.1) is 0 Å².